The molecule has 5 nitrogen and oxygen atoms in total. The number of nitrogens with one attached hydrogen (secondary N) is 2. The molecule has 2 N–H and O–H groups in total. The molecule has 0 aromatic heterocycles. The Kier molecular flexibility index (Phi) is 5.15. The molecular weight excluding hydrogens is 268 g/mol. The number of rotatable bonds is 5. The van der Waals surface area contributed by atoms with Gasteiger partial charge in [-0.1, -0.05) is 43.3 Å². The van der Waals surface area contributed by atoms with E-state index in [2.05, 4.69) is 10.6 Å². The quantitative estimate of drug-likeness (QED) is 0.887. The molecule has 21 heavy (non-hydrogen) atoms. The molecule has 0 saturated heterocycles. The molecule has 2 aromatic rings. The van der Waals surface area contributed by atoms with Crippen molar-refractivity contribution in [3.63, 3.8) is 0 Å². The maximum absolute atomic E-state index is 11.6. The molecule has 0 atom stereocenters. The number of benzene rings is 2. The highest BCUT2D eigenvalue weighted by Crippen LogP contribution is 2.24. The maximum Gasteiger partial charge on any atom is 0.321 e. The van der Waals surface area contributed by atoms with Crippen LogP contribution in [0, 0.1) is 0 Å². The molecule has 0 spiro atoms. The number of carbonyl (C=O) groups excluding carboxylic acids is 2. The van der Waals surface area contributed by atoms with Crippen LogP contribution >= 0.6 is 0 Å². The number of urea groups is 1. The lowest BCUT2D eigenvalue weighted by Crippen LogP contribution is -2.41. The van der Waals surface area contributed by atoms with Crippen molar-refractivity contribution in [3.05, 3.63) is 42.5 Å². The van der Waals surface area contributed by atoms with Crippen LogP contribution in [0.3, 0.4) is 0 Å². The lowest BCUT2D eigenvalue weighted by atomic mass is 10.1. The van der Waals surface area contributed by atoms with Gasteiger partial charge in [-0.25, -0.2) is 4.79 Å². The van der Waals surface area contributed by atoms with Gasteiger partial charge in [0.15, 0.2) is 6.61 Å². The molecule has 2 aromatic carbocycles. The number of carbonyl (C=O) groups is 2. The van der Waals surface area contributed by atoms with Gasteiger partial charge in [-0.15, -0.1) is 0 Å². The molecule has 5 heteroatoms. The molecule has 0 bridgehead atoms. The first-order chi connectivity index (χ1) is 10.2. The Morgan fingerprint density at radius 2 is 1.86 bits per heavy atom. The minimum absolute atomic E-state index is 0.201. The highest BCUT2D eigenvalue weighted by Gasteiger charge is 2.08. The minimum Gasteiger partial charge on any atom is -0.483 e. The Morgan fingerprint density at radius 1 is 1.10 bits per heavy atom. The van der Waals surface area contributed by atoms with Gasteiger partial charge in [0, 0.05) is 11.9 Å². The van der Waals surface area contributed by atoms with E-state index in [-0.39, 0.29) is 6.61 Å². The fourth-order valence-electron chi connectivity index (χ4n) is 1.91. The van der Waals surface area contributed by atoms with Crippen LogP contribution in [-0.2, 0) is 4.79 Å². The van der Waals surface area contributed by atoms with E-state index in [1.807, 2.05) is 43.3 Å². The van der Waals surface area contributed by atoms with Gasteiger partial charge in [0.1, 0.15) is 5.75 Å². The van der Waals surface area contributed by atoms with Gasteiger partial charge < -0.3 is 10.1 Å². The molecule has 0 aliphatic heterocycles. The molecule has 0 aliphatic rings. The molecule has 0 aliphatic carbocycles. The van der Waals surface area contributed by atoms with Crippen molar-refractivity contribution in [1.82, 2.24) is 10.6 Å². The predicted molar refractivity (Wildman–Crippen MR) is 81.3 cm³/mol. The summed E-state index contributed by atoms with van der Waals surface area (Å²) in [5, 5.41) is 6.76. The Labute approximate surface area is 123 Å². The van der Waals surface area contributed by atoms with Crippen molar-refractivity contribution in [2.75, 3.05) is 13.2 Å². The summed E-state index contributed by atoms with van der Waals surface area (Å²) < 4.78 is 5.49. The molecule has 0 unspecified atom stereocenters. The largest absolute Gasteiger partial charge is 0.483 e. The van der Waals surface area contributed by atoms with E-state index < -0.39 is 11.9 Å². The van der Waals surface area contributed by atoms with Crippen molar-refractivity contribution in [3.8, 4) is 5.75 Å². The Hall–Kier alpha value is -2.56. The van der Waals surface area contributed by atoms with E-state index in [1.54, 1.807) is 6.07 Å². The van der Waals surface area contributed by atoms with Crippen LogP contribution in [-0.4, -0.2) is 25.1 Å². The number of fused-ring (bicyclic) bond motifs is 1. The predicted octanol–water partition coefficient (Wildman–Crippen LogP) is 2.45. The number of hydrogen-bond acceptors (Lipinski definition) is 3. The van der Waals surface area contributed by atoms with E-state index >= 15 is 0 Å². The van der Waals surface area contributed by atoms with E-state index in [1.165, 1.54) is 0 Å². The Balaban J connectivity index is 1.93. The van der Waals surface area contributed by atoms with Crippen LogP contribution in [0.15, 0.2) is 42.5 Å². The second-order valence-corrected chi connectivity index (χ2v) is 4.57. The van der Waals surface area contributed by atoms with Crippen molar-refractivity contribution in [2.45, 2.75) is 13.3 Å². The minimum atomic E-state index is -0.497. The highest BCUT2D eigenvalue weighted by atomic mass is 16.5. The zero-order chi connectivity index (χ0) is 15.1. The smallest absolute Gasteiger partial charge is 0.321 e. The highest BCUT2D eigenvalue weighted by molar-refractivity contribution is 5.95. The molecule has 0 heterocycles. The molecule has 2 rings (SSSR count). The van der Waals surface area contributed by atoms with Crippen molar-refractivity contribution in [1.29, 1.82) is 0 Å². The molecule has 0 saturated carbocycles. The Morgan fingerprint density at radius 3 is 2.67 bits per heavy atom. The van der Waals surface area contributed by atoms with Gasteiger partial charge in [0.25, 0.3) is 5.91 Å². The van der Waals surface area contributed by atoms with Gasteiger partial charge in [0.2, 0.25) is 0 Å². The number of ether oxygens (including phenoxy) is 1. The topological polar surface area (TPSA) is 67.4 Å². The standard InChI is InChI=1S/C16H18N2O3/c1-2-10-17-16(20)18-15(19)11-21-14-9-5-7-12-6-3-4-8-13(12)14/h3-9H,2,10-11H2,1H3,(H2,17,18,19,20). The summed E-state index contributed by atoms with van der Waals surface area (Å²) in [4.78, 5) is 23.0. The van der Waals surface area contributed by atoms with E-state index in [0.29, 0.717) is 12.3 Å². The molecule has 110 valence electrons. The van der Waals surface area contributed by atoms with Crippen LogP contribution in [0.2, 0.25) is 0 Å². The van der Waals surface area contributed by atoms with Gasteiger partial charge in [-0.05, 0) is 17.9 Å². The summed E-state index contributed by atoms with van der Waals surface area (Å²) in [6.45, 7) is 2.27. The normalized spacial score (nSPS) is 10.1. The van der Waals surface area contributed by atoms with Crippen molar-refractivity contribution in [2.24, 2.45) is 0 Å². The van der Waals surface area contributed by atoms with Crippen LogP contribution < -0.4 is 15.4 Å². The van der Waals surface area contributed by atoms with Crippen LogP contribution in [0.4, 0.5) is 4.79 Å². The fourth-order valence-corrected chi connectivity index (χ4v) is 1.91. The van der Waals surface area contributed by atoms with Crippen LogP contribution in [0.5, 0.6) is 5.75 Å². The summed E-state index contributed by atoms with van der Waals surface area (Å²) in [5.74, 6) is 0.147. The summed E-state index contributed by atoms with van der Waals surface area (Å²) in [6, 6.07) is 12.9. The second kappa shape index (κ2) is 7.28. The van der Waals surface area contributed by atoms with Gasteiger partial charge in [-0.2, -0.15) is 0 Å². The first-order valence-electron chi connectivity index (χ1n) is 6.89. The van der Waals surface area contributed by atoms with Crippen LogP contribution in [0.1, 0.15) is 13.3 Å². The zero-order valence-corrected chi connectivity index (χ0v) is 11.9. The zero-order valence-electron chi connectivity index (χ0n) is 11.9. The third-order valence-electron chi connectivity index (χ3n) is 2.90. The molecule has 0 radical (unpaired) electrons. The SMILES string of the molecule is CCCNC(=O)NC(=O)COc1cccc2ccccc12. The lowest BCUT2D eigenvalue weighted by Gasteiger charge is -2.09. The monoisotopic (exact) mass is 286 g/mol. The maximum atomic E-state index is 11.6. The van der Waals surface area contributed by atoms with Crippen molar-refractivity contribution >= 4 is 22.7 Å². The lowest BCUT2D eigenvalue weighted by molar-refractivity contribution is -0.121. The van der Waals surface area contributed by atoms with E-state index in [9.17, 15) is 9.59 Å². The summed E-state index contributed by atoms with van der Waals surface area (Å²) >= 11 is 0. The second-order valence-electron chi connectivity index (χ2n) is 4.57. The number of amides is 3. The van der Waals surface area contributed by atoms with Gasteiger partial charge >= 0.3 is 6.03 Å². The Bertz CT molecular complexity index is 635. The summed E-state index contributed by atoms with van der Waals surface area (Å²) in [7, 11) is 0. The number of imide groups is 1. The van der Waals surface area contributed by atoms with Gasteiger partial charge in [0.05, 0.1) is 0 Å². The fraction of sp³-hybridized carbons (Fsp3) is 0.250. The van der Waals surface area contributed by atoms with E-state index in [0.717, 1.165) is 17.2 Å². The average Bonchev–Trinajstić information content (AvgIpc) is 2.51. The summed E-state index contributed by atoms with van der Waals surface area (Å²) in [6.07, 6.45) is 0.814. The average molecular weight is 286 g/mol. The third-order valence-corrected chi connectivity index (χ3v) is 2.90. The van der Waals surface area contributed by atoms with E-state index in [4.69, 9.17) is 4.74 Å². The van der Waals surface area contributed by atoms with Crippen molar-refractivity contribution < 1.29 is 14.3 Å². The first kappa shape index (κ1) is 14.8. The molecular formula is C16H18N2O3. The molecule has 3 amide bonds. The first-order valence-corrected chi connectivity index (χ1v) is 6.89. The summed E-state index contributed by atoms with van der Waals surface area (Å²) in [5.41, 5.74) is 0. The van der Waals surface area contributed by atoms with Gasteiger partial charge in [-0.3, -0.25) is 10.1 Å². The number of hydrogen-bond donors (Lipinski definition) is 2. The third kappa shape index (κ3) is 4.21. The van der Waals surface area contributed by atoms with Crippen LogP contribution in [0.25, 0.3) is 10.8 Å². The molecule has 0 fully saturated rings.